The van der Waals surface area contributed by atoms with Gasteiger partial charge in [0.1, 0.15) is 6.61 Å². The van der Waals surface area contributed by atoms with Crippen LogP contribution in [-0.2, 0) is 32.1 Å². The number of carbonyl (C=O) groups is 2. The molecule has 4 aromatic rings. The van der Waals surface area contributed by atoms with Gasteiger partial charge in [-0.15, -0.1) is 0 Å². The Hall–Kier alpha value is -4.22. The maximum atomic E-state index is 12.6. The Labute approximate surface area is 222 Å². The number of fused-ring (bicyclic) bond motifs is 6. The first-order valence-electron chi connectivity index (χ1n) is 12.9. The van der Waals surface area contributed by atoms with Gasteiger partial charge in [-0.2, -0.15) is 0 Å². The average molecular weight is 507 g/mol. The molecule has 192 valence electrons. The van der Waals surface area contributed by atoms with Crippen LogP contribution in [-0.4, -0.2) is 24.2 Å². The van der Waals surface area contributed by atoms with Gasteiger partial charge in [-0.05, 0) is 51.8 Å². The van der Waals surface area contributed by atoms with Gasteiger partial charge in [-0.3, -0.25) is 9.59 Å². The van der Waals surface area contributed by atoms with Crippen LogP contribution in [0, 0.1) is 0 Å². The lowest BCUT2D eigenvalue weighted by molar-refractivity contribution is -0.148. The third kappa shape index (κ3) is 4.98. The number of hydrogen-bond donors (Lipinski definition) is 1. The van der Waals surface area contributed by atoms with Crippen LogP contribution in [0.3, 0.4) is 0 Å². The fourth-order valence-electron chi connectivity index (χ4n) is 5.39. The predicted octanol–water partition coefficient (Wildman–Crippen LogP) is 6.39. The minimum Gasteiger partial charge on any atom is -0.461 e. The molecule has 2 aliphatic carbocycles. The first-order valence-corrected chi connectivity index (χ1v) is 12.9. The van der Waals surface area contributed by atoms with Crippen molar-refractivity contribution in [2.75, 3.05) is 7.11 Å². The molecule has 0 fully saturated rings. The van der Waals surface area contributed by atoms with Crippen molar-refractivity contribution in [1.29, 1.82) is 0 Å². The van der Waals surface area contributed by atoms with Crippen molar-refractivity contribution in [3.05, 3.63) is 119 Å². The summed E-state index contributed by atoms with van der Waals surface area (Å²) in [5, 5.41) is 7.00. The average Bonchev–Trinajstić information content (AvgIpc) is 3.50. The Morgan fingerprint density at radius 2 is 1.29 bits per heavy atom. The van der Waals surface area contributed by atoms with Gasteiger partial charge in [-0.25, -0.2) is 0 Å². The second kappa shape index (κ2) is 11.4. The van der Waals surface area contributed by atoms with E-state index in [-0.39, 0.29) is 31.4 Å². The Morgan fingerprint density at radius 3 is 2.00 bits per heavy atom. The SMILES string of the molecule is CO.O=C(CCCC(=O)OC1c2ccccc2-c2ccccc21)OCc1cccc2c1Cc1ccccc1-2. The lowest BCUT2D eigenvalue weighted by Gasteiger charge is -2.15. The highest BCUT2D eigenvalue weighted by molar-refractivity contribution is 5.80. The van der Waals surface area contributed by atoms with Crippen LogP contribution in [0.2, 0.25) is 0 Å². The molecular weight excluding hydrogens is 476 g/mol. The van der Waals surface area contributed by atoms with E-state index in [4.69, 9.17) is 14.6 Å². The van der Waals surface area contributed by atoms with E-state index >= 15 is 0 Å². The lowest BCUT2D eigenvalue weighted by Crippen LogP contribution is -2.12. The summed E-state index contributed by atoms with van der Waals surface area (Å²) in [5.74, 6) is -0.606. The van der Waals surface area contributed by atoms with Crippen molar-refractivity contribution in [2.24, 2.45) is 0 Å². The summed E-state index contributed by atoms with van der Waals surface area (Å²) < 4.78 is 11.4. The summed E-state index contributed by atoms with van der Waals surface area (Å²) in [6.07, 6.45) is 1.21. The number of rotatable bonds is 7. The molecular formula is C33H30O5. The Kier molecular flexibility index (Phi) is 7.66. The quantitative estimate of drug-likeness (QED) is 0.259. The van der Waals surface area contributed by atoms with Gasteiger partial charge in [-0.1, -0.05) is 91.0 Å². The highest BCUT2D eigenvalue weighted by atomic mass is 16.5. The van der Waals surface area contributed by atoms with E-state index in [0.29, 0.717) is 6.42 Å². The zero-order valence-corrected chi connectivity index (χ0v) is 21.4. The Balaban J connectivity index is 0.00000144. The number of esters is 2. The van der Waals surface area contributed by atoms with Crippen molar-refractivity contribution >= 4 is 11.9 Å². The number of carbonyl (C=O) groups excluding carboxylic acids is 2. The number of aliphatic hydroxyl groups is 1. The largest absolute Gasteiger partial charge is 0.461 e. The molecule has 0 saturated carbocycles. The summed E-state index contributed by atoms with van der Waals surface area (Å²) in [6.45, 7) is 0.246. The highest BCUT2D eigenvalue weighted by Crippen LogP contribution is 2.45. The van der Waals surface area contributed by atoms with Crippen LogP contribution in [0.5, 0.6) is 0 Å². The molecule has 0 saturated heterocycles. The van der Waals surface area contributed by atoms with Crippen LogP contribution < -0.4 is 0 Å². The summed E-state index contributed by atoms with van der Waals surface area (Å²) in [6, 6.07) is 30.6. The molecule has 2 aliphatic rings. The number of hydrogen-bond acceptors (Lipinski definition) is 5. The monoisotopic (exact) mass is 506 g/mol. The fraction of sp³-hybridized carbons (Fsp3) is 0.212. The second-order valence-electron chi connectivity index (χ2n) is 9.34. The van der Waals surface area contributed by atoms with Crippen molar-refractivity contribution in [3.63, 3.8) is 0 Å². The van der Waals surface area contributed by atoms with E-state index in [9.17, 15) is 9.59 Å². The third-order valence-corrected chi connectivity index (χ3v) is 7.12. The van der Waals surface area contributed by atoms with Crippen LogP contribution in [0.4, 0.5) is 0 Å². The number of aliphatic hydroxyl groups excluding tert-OH is 1. The second-order valence-corrected chi connectivity index (χ2v) is 9.34. The minimum absolute atomic E-state index is 0.173. The van der Waals surface area contributed by atoms with Crippen LogP contribution in [0.1, 0.15) is 53.2 Å². The van der Waals surface area contributed by atoms with Gasteiger partial charge >= 0.3 is 11.9 Å². The van der Waals surface area contributed by atoms with Gasteiger partial charge in [0, 0.05) is 31.1 Å². The van der Waals surface area contributed by atoms with E-state index in [1.165, 1.54) is 22.3 Å². The number of benzene rings is 4. The predicted molar refractivity (Wildman–Crippen MR) is 146 cm³/mol. The van der Waals surface area contributed by atoms with Crippen LogP contribution in [0.15, 0.2) is 91.0 Å². The van der Waals surface area contributed by atoms with Gasteiger partial charge in [0.2, 0.25) is 0 Å². The summed E-state index contributed by atoms with van der Waals surface area (Å²) in [4.78, 5) is 25.1. The zero-order valence-electron chi connectivity index (χ0n) is 21.4. The first-order chi connectivity index (χ1) is 18.7. The summed E-state index contributed by atoms with van der Waals surface area (Å²) in [7, 11) is 1.00. The molecule has 5 nitrogen and oxygen atoms in total. The minimum atomic E-state index is -0.402. The molecule has 0 spiro atoms. The molecule has 4 aromatic carbocycles. The topological polar surface area (TPSA) is 72.8 Å². The molecule has 0 aliphatic heterocycles. The smallest absolute Gasteiger partial charge is 0.306 e. The van der Waals surface area contributed by atoms with Gasteiger partial charge in [0.05, 0.1) is 0 Å². The lowest BCUT2D eigenvalue weighted by atomic mass is 10.0. The molecule has 5 heteroatoms. The van der Waals surface area contributed by atoms with Gasteiger partial charge < -0.3 is 14.6 Å². The van der Waals surface area contributed by atoms with Crippen LogP contribution >= 0.6 is 0 Å². The van der Waals surface area contributed by atoms with Crippen molar-refractivity contribution < 1.29 is 24.2 Å². The number of ether oxygens (including phenoxy) is 2. The fourth-order valence-corrected chi connectivity index (χ4v) is 5.39. The van der Waals surface area contributed by atoms with E-state index in [2.05, 4.69) is 42.5 Å². The molecule has 6 rings (SSSR count). The van der Waals surface area contributed by atoms with E-state index in [1.807, 2.05) is 48.5 Å². The highest BCUT2D eigenvalue weighted by Gasteiger charge is 2.31. The Morgan fingerprint density at radius 1 is 0.711 bits per heavy atom. The van der Waals surface area contributed by atoms with Crippen molar-refractivity contribution in [2.45, 2.75) is 38.4 Å². The molecule has 1 N–H and O–H groups in total. The maximum absolute atomic E-state index is 12.6. The molecule has 0 radical (unpaired) electrons. The molecule has 0 heterocycles. The molecule has 0 aromatic heterocycles. The molecule has 0 bridgehead atoms. The molecule has 0 unspecified atom stereocenters. The van der Waals surface area contributed by atoms with E-state index in [1.54, 1.807) is 0 Å². The molecule has 38 heavy (non-hydrogen) atoms. The van der Waals surface area contributed by atoms with E-state index in [0.717, 1.165) is 41.3 Å². The third-order valence-electron chi connectivity index (χ3n) is 7.12. The van der Waals surface area contributed by atoms with Gasteiger partial charge in [0.15, 0.2) is 6.10 Å². The van der Waals surface area contributed by atoms with Gasteiger partial charge in [0.25, 0.3) is 0 Å². The normalized spacial score (nSPS) is 12.4. The molecule has 0 amide bonds. The summed E-state index contributed by atoms with van der Waals surface area (Å²) >= 11 is 0. The van der Waals surface area contributed by atoms with Crippen LogP contribution in [0.25, 0.3) is 22.3 Å². The maximum Gasteiger partial charge on any atom is 0.306 e. The van der Waals surface area contributed by atoms with E-state index < -0.39 is 6.10 Å². The Bertz CT molecular complexity index is 1430. The van der Waals surface area contributed by atoms with Crippen molar-refractivity contribution in [1.82, 2.24) is 0 Å². The standard InChI is InChI=1S/C32H26O4.CH4O/c33-30(35-20-22-10-7-16-24-23-11-2-1-9-21(23)19-29(22)24)17-8-18-31(34)36-32-27-14-5-3-12-25(27)26-13-4-6-15-28(26)32;1-2/h1-7,9-16,32H,8,17-20H2;2H,1H3. The first kappa shape index (κ1) is 25.4. The zero-order chi connectivity index (χ0) is 26.5. The molecule has 0 atom stereocenters. The summed E-state index contributed by atoms with van der Waals surface area (Å²) in [5.41, 5.74) is 10.3. The van der Waals surface area contributed by atoms with Crippen molar-refractivity contribution in [3.8, 4) is 22.3 Å².